The first-order valence-electron chi connectivity index (χ1n) is 11.7. The number of ether oxygens (including phenoxy) is 1. The number of carbonyl (C=O) groups is 2. The van der Waals surface area contributed by atoms with Gasteiger partial charge in [-0.2, -0.15) is 0 Å². The molecule has 184 valence electrons. The number of imide groups is 1. The number of carbonyl (C=O) groups excluding carboxylic acids is 2. The van der Waals surface area contributed by atoms with Crippen LogP contribution < -0.4 is 10.6 Å². The van der Waals surface area contributed by atoms with E-state index in [0.29, 0.717) is 29.6 Å². The van der Waals surface area contributed by atoms with Crippen LogP contribution in [0, 0.1) is 5.92 Å². The summed E-state index contributed by atoms with van der Waals surface area (Å²) < 4.78 is 5.50. The van der Waals surface area contributed by atoms with E-state index in [2.05, 4.69) is 34.4 Å². The van der Waals surface area contributed by atoms with Crippen LogP contribution in [0.4, 0.5) is 0 Å². The van der Waals surface area contributed by atoms with Crippen molar-refractivity contribution >= 4 is 41.8 Å². The summed E-state index contributed by atoms with van der Waals surface area (Å²) in [5.74, 6) is 1.04. The van der Waals surface area contributed by atoms with E-state index in [9.17, 15) is 9.59 Å². The number of aliphatic imine (C=N–C) groups is 1. The first kappa shape index (κ1) is 27.5. The normalized spacial score (nSPS) is 17.7. The summed E-state index contributed by atoms with van der Waals surface area (Å²) in [6.45, 7) is 10.1. The number of nitrogens with zero attached hydrogens (tertiary/aromatic N) is 3. The molecule has 8 nitrogen and oxygen atoms in total. The minimum Gasteiger partial charge on any atom is -0.379 e. The van der Waals surface area contributed by atoms with Gasteiger partial charge in [0.1, 0.15) is 0 Å². The molecule has 1 atom stereocenters. The van der Waals surface area contributed by atoms with E-state index in [1.54, 1.807) is 31.3 Å². The van der Waals surface area contributed by atoms with Gasteiger partial charge in [-0.05, 0) is 37.3 Å². The van der Waals surface area contributed by atoms with Gasteiger partial charge >= 0.3 is 0 Å². The molecule has 2 heterocycles. The zero-order chi connectivity index (χ0) is 22.9. The summed E-state index contributed by atoms with van der Waals surface area (Å²) >= 11 is 0. The molecule has 2 aliphatic heterocycles. The largest absolute Gasteiger partial charge is 0.379 e. The Bertz CT molecular complexity index is 776. The molecule has 1 aromatic carbocycles. The molecule has 33 heavy (non-hydrogen) atoms. The van der Waals surface area contributed by atoms with Crippen LogP contribution in [0.2, 0.25) is 0 Å². The number of halogens is 1. The van der Waals surface area contributed by atoms with Gasteiger partial charge in [0.05, 0.1) is 24.3 Å². The Morgan fingerprint density at radius 2 is 1.70 bits per heavy atom. The smallest absolute Gasteiger partial charge is 0.261 e. The van der Waals surface area contributed by atoms with E-state index in [-0.39, 0.29) is 35.8 Å². The van der Waals surface area contributed by atoms with Crippen LogP contribution in [-0.2, 0) is 4.74 Å². The molecular formula is C24H38IN5O3. The number of hydrogen-bond acceptors (Lipinski definition) is 5. The van der Waals surface area contributed by atoms with Gasteiger partial charge in [-0.15, -0.1) is 24.0 Å². The summed E-state index contributed by atoms with van der Waals surface area (Å²) in [5.41, 5.74) is 1.02. The highest BCUT2D eigenvalue weighted by atomic mass is 127. The van der Waals surface area contributed by atoms with Crippen LogP contribution in [0.3, 0.4) is 0 Å². The minimum absolute atomic E-state index is 0. The van der Waals surface area contributed by atoms with Gasteiger partial charge in [0, 0.05) is 45.8 Å². The van der Waals surface area contributed by atoms with Gasteiger partial charge in [0.2, 0.25) is 0 Å². The van der Waals surface area contributed by atoms with Crippen LogP contribution in [-0.4, -0.2) is 86.6 Å². The fourth-order valence-electron chi connectivity index (χ4n) is 4.33. The Hall–Kier alpha value is -1.72. The Morgan fingerprint density at radius 3 is 2.27 bits per heavy atom. The lowest BCUT2D eigenvalue weighted by Crippen LogP contribution is -2.51. The van der Waals surface area contributed by atoms with E-state index in [4.69, 9.17) is 4.74 Å². The standard InChI is InChI=1S/C24H37N5O3.HI/c1-18(2)16-19(28-12-14-32-15-13-28)17-27-24(25-3)26-10-6-7-11-29-22(30)20-8-4-5-9-21(20)23(29)31;/h4-5,8-9,18-19H,6-7,10-17H2,1-3H3,(H2,25,26,27);1H. The van der Waals surface area contributed by atoms with E-state index in [0.717, 1.165) is 64.6 Å². The van der Waals surface area contributed by atoms with E-state index >= 15 is 0 Å². The van der Waals surface area contributed by atoms with Crippen molar-refractivity contribution in [2.24, 2.45) is 10.9 Å². The quantitative estimate of drug-likeness (QED) is 0.148. The minimum atomic E-state index is -0.185. The van der Waals surface area contributed by atoms with Gasteiger partial charge in [-0.3, -0.25) is 24.4 Å². The second kappa shape index (κ2) is 13.9. The number of amides is 2. The summed E-state index contributed by atoms with van der Waals surface area (Å²) in [5, 5.41) is 6.82. The predicted octanol–water partition coefficient (Wildman–Crippen LogP) is 2.59. The SMILES string of the molecule is CN=C(NCCCCN1C(=O)c2ccccc2C1=O)NCC(CC(C)C)N1CCOCC1.I. The van der Waals surface area contributed by atoms with Crippen molar-refractivity contribution < 1.29 is 14.3 Å². The molecule has 1 aromatic rings. The second-order valence-corrected chi connectivity index (χ2v) is 8.83. The molecule has 2 amide bonds. The lowest BCUT2D eigenvalue weighted by atomic mass is 10.0. The third-order valence-electron chi connectivity index (χ3n) is 6.01. The number of unbranched alkanes of at least 4 members (excludes halogenated alkanes) is 1. The number of fused-ring (bicyclic) bond motifs is 1. The number of guanidine groups is 1. The molecule has 0 spiro atoms. The highest BCUT2D eigenvalue weighted by molar-refractivity contribution is 14.0. The topological polar surface area (TPSA) is 86.3 Å². The second-order valence-electron chi connectivity index (χ2n) is 8.83. The number of rotatable bonds is 10. The van der Waals surface area contributed by atoms with Crippen LogP contribution in [0.25, 0.3) is 0 Å². The van der Waals surface area contributed by atoms with Gasteiger partial charge < -0.3 is 15.4 Å². The maximum atomic E-state index is 12.4. The zero-order valence-corrected chi connectivity index (χ0v) is 22.3. The molecule has 0 bridgehead atoms. The Labute approximate surface area is 214 Å². The van der Waals surface area contributed by atoms with Crippen molar-refractivity contribution in [3.63, 3.8) is 0 Å². The molecular weight excluding hydrogens is 533 g/mol. The number of morpholine rings is 1. The van der Waals surface area contributed by atoms with Gasteiger partial charge in [-0.1, -0.05) is 26.0 Å². The molecule has 2 N–H and O–H groups in total. The van der Waals surface area contributed by atoms with Crippen molar-refractivity contribution in [2.45, 2.75) is 39.2 Å². The van der Waals surface area contributed by atoms with Crippen LogP contribution in [0.1, 0.15) is 53.8 Å². The molecule has 0 aliphatic carbocycles. The van der Waals surface area contributed by atoms with E-state index < -0.39 is 0 Å². The van der Waals surface area contributed by atoms with Crippen molar-refractivity contribution in [3.05, 3.63) is 35.4 Å². The highest BCUT2D eigenvalue weighted by Gasteiger charge is 2.34. The van der Waals surface area contributed by atoms with Gasteiger partial charge in [-0.25, -0.2) is 0 Å². The molecule has 2 aliphatic rings. The Morgan fingerprint density at radius 1 is 1.06 bits per heavy atom. The maximum absolute atomic E-state index is 12.4. The van der Waals surface area contributed by atoms with Crippen LogP contribution in [0.5, 0.6) is 0 Å². The molecule has 0 radical (unpaired) electrons. The van der Waals surface area contributed by atoms with E-state index in [1.807, 2.05) is 0 Å². The average molecular weight is 572 g/mol. The first-order chi connectivity index (χ1) is 15.5. The van der Waals surface area contributed by atoms with Crippen molar-refractivity contribution in [2.75, 3.05) is 53.0 Å². The third kappa shape index (κ3) is 7.65. The van der Waals surface area contributed by atoms with Crippen molar-refractivity contribution in [1.29, 1.82) is 0 Å². The number of hydrogen-bond donors (Lipinski definition) is 2. The maximum Gasteiger partial charge on any atom is 0.261 e. The monoisotopic (exact) mass is 571 g/mol. The zero-order valence-electron chi connectivity index (χ0n) is 20.0. The third-order valence-corrected chi connectivity index (χ3v) is 6.01. The van der Waals surface area contributed by atoms with E-state index in [1.165, 1.54) is 4.90 Å². The summed E-state index contributed by atoms with van der Waals surface area (Å²) in [7, 11) is 1.78. The average Bonchev–Trinajstić information content (AvgIpc) is 3.05. The fourth-order valence-corrected chi connectivity index (χ4v) is 4.33. The molecule has 3 rings (SSSR count). The molecule has 0 saturated carbocycles. The lowest BCUT2D eigenvalue weighted by molar-refractivity contribution is 0.0132. The van der Waals surface area contributed by atoms with Gasteiger partial charge in [0.15, 0.2) is 5.96 Å². The lowest BCUT2D eigenvalue weighted by Gasteiger charge is -2.35. The molecule has 0 aromatic heterocycles. The first-order valence-corrected chi connectivity index (χ1v) is 11.7. The Kier molecular flexibility index (Phi) is 11.6. The fraction of sp³-hybridized carbons (Fsp3) is 0.625. The van der Waals surface area contributed by atoms with Crippen molar-refractivity contribution in [3.8, 4) is 0 Å². The summed E-state index contributed by atoms with van der Waals surface area (Å²) in [6, 6.07) is 7.47. The molecule has 1 unspecified atom stereocenters. The summed E-state index contributed by atoms with van der Waals surface area (Å²) in [6.07, 6.45) is 2.72. The highest BCUT2D eigenvalue weighted by Crippen LogP contribution is 2.22. The van der Waals surface area contributed by atoms with Crippen molar-refractivity contribution in [1.82, 2.24) is 20.4 Å². The van der Waals surface area contributed by atoms with Crippen LogP contribution >= 0.6 is 24.0 Å². The number of nitrogens with one attached hydrogen (secondary N) is 2. The number of benzene rings is 1. The van der Waals surface area contributed by atoms with Crippen LogP contribution in [0.15, 0.2) is 29.3 Å². The van der Waals surface area contributed by atoms with Gasteiger partial charge in [0.25, 0.3) is 11.8 Å². The molecule has 1 saturated heterocycles. The summed E-state index contributed by atoms with van der Waals surface area (Å²) in [4.78, 5) is 33.1. The Balaban J connectivity index is 0.00000385. The predicted molar refractivity (Wildman–Crippen MR) is 141 cm³/mol. The molecule has 9 heteroatoms. The molecule has 1 fully saturated rings.